The fourth-order valence-corrected chi connectivity index (χ4v) is 5.85. The van der Waals surface area contributed by atoms with Crippen molar-refractivity contribution in [2.45, 2.75) is 75.1 Å². The summed E-state index contributed by atoms with van der Waals surface area (Å²) in [5.41, 5.74) is 1.61. The van der Waals surface area contributed by atoms with Crippen molar-refractivity contribution >= 4 is 11.8 Å². The van der Waals surface area contributed by atoms with Crippen LogP contribution in [-0.2, 0) is 30.4 Å². The molecule has 2 bridgehead atoms. The van der Waals surface area contributed by atoms with Gasteiger partial charge in [-0.2, -0.15) is 0 Å². The smallest absolute Gasteiger partial charge is 0.282 e. The van der Waals surface area contributed by atoms with Crippen LogP contribution < -0.4 is 5.32 Å². The Morgan fingerprint density at radius 2 is 1.88 bits per heavy atom. The highest BCUT2D eigenvalue weighted by molar-refractivity contribution is 5.82. The van der Waals surface area contributed by atoms with Gasteiger partial charge in [-0.1, -0.05) is 24.3 Å². The zero-order chi connectivity index (χ0) is 22.1. The summed E-state index contributed by atoms with van der Waals surface area (Å²) in [5, 5.41) is 2.84. The molecule has 1 spiro atoms. The first-order valence-corrected chi connectivity index (χ1v) is 11.7. The number of ether oxygens (including phenoxy) is 3. The molecule has 3 fully saturated rings. The molecular formula is C24H31FN2O5. The van der Waals surface area contributed by atoms with E-state index in [2.05, 4.69) is 23.5 Å². The van der Waals surface area contributed by atoms with Crippen LogP contribution in [0.1, 0.15) is 55.6 Å². The maximum Gasteiger partial charge on any atom is 0.282 e. The van der Waals surface area contributed by atoms with Gasteiger partial charge in [0.2, 0.25) is 5.91 Å². The number of rotatable bonds is 0. The van der Waals surface area contributed by atoms with Gasteiger partial charge in [-0.05, 0) is 55.6 Å². The number of benzene rings is 1. The summed E-state index contributed by atoms with van der Waals surface area (Å²) in [6, 6.07) is 7.91. The minimum Gasteiger partial charge on any atom is -0.376 e. The highest BCUT2D eigenvalue weighted by Gasteiger charge is 2.51. The third-order valence-corrected chi connectivity index (χ3v) is 7.56. The van der Waals surface area contributed by atoms with Crippen LogP contribution in [0.4, 0.5) is 4.39 Å². The van der Waals surface area contributed by atoms with Crippen molar-refractivity contribution in [1.29, 1.82) is 0 Å². The minimum atomic E-state index is -1.97. The van der Waals surface area contributed by atoms with E-state index in [1.165, 1.54) is 5.56 Å². The molecule has 6 rings (SSSR count). The number of piperidine rings is 1. The van der Waals surface area contributed by atoms with Gasteiger partial charge < -0.3 is 24.4 Å². The van der Waals surface area contributed by atoms with Crippen LogP contribution in [-0.4, -0.2) is 67.1 Å². The van der Waals surface area contributed by atoms with Gasteiger partial charge in [-0.3, -0.25) is 9.59 Å². The Morgan fingerprint density at radius 1 is 1.06 bits per heavy atom. The molecule has 4 heterocycles. The fraction of sp³-hybridized carbons (Fsp3) is 0.667. The van der Waals surface area contributed by atoms with Crippen LogP contribution in [0.5, 0.6) is 0 Å². The Bertz CT molecular complexity index is 859. The molecule has 0 radical (unpaired) electrons. The third-order valence-electron chi connectivity index (χ3n) is 7.56. The molecule has 3 unspecified atom stereocenters. The predicted molar refractivity (Wildman–Crippen MR) is 114 cm³/mol. The normalized spacial score (nSPS) is 36.2. The van der Waals surface area contributed by atoms with Gasteiger partial charge in [0.1, 0.15) is 6.61 Å². The standard InChI is InChI=1S/C24H31FN2O5/c25-22-23(29)26-24(15-32-22)10-3-11-27-20(24)13-31-18-8-6-16(7-9-18)19-5-2-1-4-17(19)12-30-14-21(27)28/h1-2,4-5,16,18,20,22H,3,6-15H2,(H,26,29). The van der Waals surface area contributed by atoms with E-state index >= 15 is 0 Å². The van der Waals surface area contributed by atoms with Crippen molar-refractivity contribution in [1.82, 2.24) is 10.2 Å². The second kappa shape index (κ2) is 9.08. The van der Waals surface area contributed by atoms with E-state index in [9.17, 15) is 14.0 Å². The van der Waals surface area contributed by atoms with Crippen LogP contribution in [0, 0.1) is 0 Å². The summed E-state index contributed by atoms with van der Waals surface area (Å²) in [6.07, 6.45) is 3.44. The molecule has 1 aliphatic carbocycles. The van der Waals surface area contributed by atoms with Crippen molar-refractivity contribution in [2.75, 3.05) is 26.4 Å². The van der Waals surface area contributed by atoms with Gasteiger partial charge in [-0.15, -0.1) is 0 Å². The summed E-state index contributed by atoms with van der Waals surface area (Å²) in [4.78, 5) is 27.1. The molecule has 4 aliphatic heterocycles. The number of amides is 2. The van der Waals surface area contributed by atoms with Gasteiger partial charge in [0.05, 0.1) is 37.5 Å². The van der Waals surface area contributed by atoms with Gasteiger partial charge >= 0.3 is 0 Å². The second-order valence-corrected chi connectivity index (χ2v) is 9.48. The topological polar surface area (TPSA) is 77.1 Å². The molecule has 32 heavy (non-hydrogen) atoms. The Balaban J connectivity index is 1.41. The number of alkyl halides is 1. The molecule has 5 aliphatic rings. The van der Waals surface area contributed by atoms with Crippen LogP contribution in [0.3, 0.4) is 0 Å². The van der Waals surface area contributed by atoms with Crippen molar-refractivity contribution in [3.63, 3.8) is 0 Å². The number of fused-ring (bicyclic) bond motifs is 6. The zero-order valence-electron chi connectivity index (χ0n) is 18.3. The SMILES string of the molecule is O=C1NC2(CCCN3C(=O)COCc4ccccc4C4CCC(CC4)OCC32)COC1F. The largest absolute Gasteiger partial charge is 0.376 e. The fourth-order valence-electron chi connectivity index (χ4n) is 5.85. The van der Waals surface area contributed by atoms with Crippen molar-refractivity contribution in [2.24, 2.45) is 0 Å². The van der Waals surface area contributed by atoms with Crippen molar-refractivity contribution < 1.29 is 28.2 Å². The summed E-state index contributed by atoms with van der Waals surface area (Å²) in [5.74, 6) is -0.453. The molecule has 3 atom stereocenters. The molecule has 7 nitrogen and oxygen atoms in total. The predicted octanol–water partition coefficient (Wildman–Crippen LogP) is 2.43. The molecule has 2 saturated heterocycles. The molecule has 1 aromatic carbocycles. The lowest BCUT2D eigenvalue weighted by Gasteiger charge is -2.52. The lowest BCUT2D eigenvalue weighted by Crippen LogP contribution is -2.73. The van der Waals surface area contributed by atoms with Gasteiger partial charge in [0, 0.05) is 6.54 Å². The number of carbonyl (C=O) groups is 2. The number of hydrogen-bond acceptors (Lipinski definition) is 5. The van der Waals surface area contributed by atoms with Crippen molar-refractivity contribution in [3.05, 3.63) is 35.4 Å². The Morgan fingerprint density at radius 3 is 2.69 bits per heavy atom. The highest BCUT2D eigenvalue weighted by atomic mass is 19.1. The highest BCUT2D eigenvalue weighted by Crippen LogP contribution is 2.37. The Labute approximate surface area is 187 Å². The molecule has 1 saturated carbocycles. The molecule has 174 valence electrons. The number of hydrogen-bond donors (Lipinski definition) is 1. The molecule has 8 heteroatoms. The maximum absolute atomic E-state index is 13.7. The van der Waals surface area contributed by atoms with E-state index in [1.54, 1.807) is 4.90 Å². The van der Waals surface area contributed by atoms with E-state index in [4.69, 9.17) is 14.2 Å². The number of nitrogens with zero attached hydrogens (tertiary/aromatic N) is 1. The van der Waals surface area contributed by atoms with Gasteiger partial charge in [0.25, 0.3) is 12.3 Å². The second-order valence-electron chi connectivity index (χ2n) is 9.48. The first-order valence-electron chi connectivity index (χ1n) is 11.7. The zero-order valence-corrected chi connectivity index (χ0v) is 18.3. The van der Waals surface area contributed by atoms with Crippen LogP contribution in [0.25, 0.3) is 0 Å². The van der Waals surface area contributed by atoms with Crippen LogP contribution in [0.2, 0.25) is 0 Å². The summed E-state index contributed by atoms with van der Waals surface area (Å²) in [6.45, 7) is 1.22. The van der Waals surface area contributed by atoms with E-state index in [0.29, 0.717) is 31.9 Å². The molecule has 0 aromatic heterocycles. The number of halogens is 1. The van der Waals surface area contributed by atoms with E-state index in [-0.39, 0.29) is 31.8 Å². The number of nitrogens with one attached hydrogen (secondary N) is 1. The van der Waals surface area contributed by atoms with Crippen LogP contribution >= 0.6 is 0 Å². The lowest BCUT2D eigenvalue weighted by atomic mass is 9.80. The van der Waals surface area contributed by atoms with Gasteiger partial charge in [0.15, 0.2) is 0 Å². The summed E-state index contributed by atoms with van der Waals surface area (Å²) in [7, 11) is 0. The molecule has 2 amide bonds. The first-order chi connectivity index (χ1) is 15.6. The summed E-state index contributed by atoms with van der Waals surface area (Å²) < 4.78 is 31.1. The number of carbonyl (C=O) groups excluding carboxylic acids is 2. The minimum absolute atomic E-state index is 0.0265. The first kappa shape index (κ1) is 21.8. The van der Waals surface area contributed by atoms with E-state index in [1.807, 2.05) is 6.07 Å². The van der Waals surface area contributed by atoms with E-state index in [0.717, 1.165) is 31.2 Å². The summed E-state index contributed by atoms with van der Waals surface area (Å²) >= 11 is 0. The molecular weight excluding hydrogens is 415 g/mol. The average molecular weight is 447 g/mol. The van der Waals surface area contributed by atoms with Crippen molar-refractivity contribution in [3.8, 4) is 0 Å². The van der Waals surface area contributed by atoms with Gasteiger partial charge in [-0.25, -0.2) is 4.39 Å². The quantitative estimate of drug-likeness (QED) is 0.663. The average Bonchev–Trinajstić information content (AvgIpc) is 2.81. The Hall–Kier alpha value is -2.03. The monoisotopic (exact) mass is 446 g/mol. The van der Waals surface area contributed by atoms with Crippen LogP contribution in [0.15, 0.2) is 24.3 Å². The molecule has 1 N–H and O–H groups in total. The molecule has 1 aromatic rings. The van der Waals surface area contributed by atoms with E-state index < -0.39 is 23.8 Å². The third kappa shape index (κ3) is 4.16. The lowest BCUT2D eigenvalue weighted by molar-refractivity contribution is -0.178. The Kier molecular flexibility index (Phi) is 6.18. The number of morpholine rings is 1. The maximum atomic E-state index is 13.7.